The first-order valence-corrected chi connectivity index (χ1v) is 10.6. The first-order valence-electron chi connectivity index (χ1n) is 10.6. The van der Waals surface area contributed by atoms with E-state index in [0.717, 1.165) is 5.56 Å². The molecule has 0 radical (unpaired) electrons. The zero-order valence-corrected chi connectivity index (χ0v) is 19.5. The average Bonchev–Trinajstić information content (AvgIpc) is 2.79. The fourth-order valence-corrected chi connectivity index (χ4v) is 2.86. The number of carbonyl (C=O) groups excluding carboxylic acids is 3. The van der Waals surface area contributed by atoms with E-state index in [1.165, 1.54) is 13.2 Å². The molecule has 2 rings (SSSR count). The number of rotatable bonds is 9. The molecule has 178 valence electrons. The summed E-state index contributed by atoms with van der Waals surface area (Å²) in [5.74, 6) is -0.482. The number of benzene rings is 2. The molecule has 0 aliphatic rings. The molecule has 0 saturated carbocycles. The summed E-state index contributed by atoms with van der Waals surface area (Å²) in [5, 5.41) is 2.53. The second-order valence-electron chi connectivity index (χ2n) is 7.90. The number of hydrazine groups is 1. The largest absolute Gasteiger partial charge is 0.493 e. The number of ether oxygens (including phenoxy) is 3. The Morgan fingerprint density at radius 3 is 2.21 bits per heavy atom. The molecule has 2 aromatic carbocycles. The van der Waals surface area contributed by atoms with Crippen LogP contribution in [0.2, 0.25) is 0 Å². The van der Waals surface area contributed by atoms with Gasteiger partial charge >= 0.3 is 6.09 Å². The van der Waals surface area contributed by atoms with E-state index in [9.17, 15) is 14.4 Å². The maximum absolute atomic E-state index is 12.6. The average molecular weight is 458 g/mol. The Bertz CT molecular complexity index is 946. The van der Waals surface area contributed by atoms with Crippen LogP contribution in [0.4, 0.5) is 4.79 Å². The lowest BCUT2D eigenvalue weighted by Gasteiger charge is -2.21. The van der Waals surface area contributed by atoms with Crippen LogP contribution in [0.3, 0.4) is 0 Å². The Morgan fingerprint density at radius 1 is 0.909 bits per heavy atom. The summed E-state index contributed by atoms with van der Waals surface area (Å²) in [4.78, 5) is 37.2. The van der Waals surface area contributed by atoms with E-state index < -0.39 is 23.9 Å². The number of methoxy groups -OCH3 is 1. The van der Waals surface area contributed by atoms with Crippen LogP contribution in [-0.4, -0.2) is 37.2 Å². The molecule has 3 amide bonds. The van der Waals surface area contributed by atoms with Crippen LogP contribution >= 0.6 is 0 Å². The van der Waals surface area contributed by atoms with Gasteiger partial charge in [0.1, 0.15) is 12.6 Å². The zero-order valence-electron chi connectivity index (χ0n) is 19.5. The summed E-state index contributed by atoms with van der Waals surface area (Å²) in [6, 6.07) is 13.0. The summed E-state index contributed by atoms with van der Waals surface area (Å²) >= 11 is 0. The van der Waals surface area contributed by atoms with Gasteiger partial charge in [-0.1, -0.05) is 44.2 Å². The molecule has 0 heterocycles. The minimum absolute atomic E-state index is 0.0577. The van der Waals surface area contributed by atoms with E-state index in [4.69, 9.17) is 14.2 Å². The lowest BCUT2D eigenvalue weighted by molar-refractivity contribution is -0.124. The molecule has 0 unspecified atom stereocenters. The first kappa shape index (κ1) is 25.5. The van der Waals surface area contributed by atoms with Crippen molar-refractivity contribution in [1.29, 1.82) is 0 Å². The molecule has 0 saturated heterocycles. The van der Waals surface area contributed by atoms with Gasteiger partial charge < -0.3 is 19.5 Å². The second kappa shape index (κ2) is 12.3. The van der Waals surface area contributed by atoms with Crippen LogP contribution in [0, 0.1) is 5.92 Å². The van der Waals surface area contributed by atoms with Crippen molar-refractivity contribution >= 4 is 17.9 Å². The van der Waals surface area contributed by atoms with E-state index in [2.05, 4.69) is 16.2 Å². The van der Waals surface area contributed by atoms with Crippen LogP contribution in [0.15, 0.2) is 48.5 Å². The summed E-state index contributed by atoms with van der Waals surface area (Å²) in [7, 11) is 1.47. The van der Waals surface area contributed by atoms with E-state index in [0.29, 0.717) is 11.5 Å². The molecule has 0 aromatic heterocycles. The molecule has 33 heavy (non-hydrogen) atoms. The number of carbonyl (C=O) groups is 3. The highest BCUT2D eigenvalue weighted by atomic mass is 16.5. The lowest BCUT2D eigenvalue weighted by atomic mass is 10.0. The number of hydrogen-bond acceptors (Lipinski definition) is 6. The predicted molar refractivity (Wildman–Crippen MR) is 123 cm³/mol. The third-order valence-corrected chi connectivity index (χ3v) is 4.52. The summed E-state index contributed by atoms with van der Waals surface area (Å²) < 4.78 is 16.1. The highest BCUT2D eigenvalue weighted by molar-refractivity contribution is 5.96. The van der Waals surface area contributed by atoms with Crippen molar-refractivity contribution in [2.75, 3.05) is 7.11 Å². The Kier molecular flexibility index (Phi) is 9.53. The third-order valence-electron chi connectivity index (χ3n) is 4.52. The van der Waals surface area contributed by atoms with Crippen molar-refractivity contribution in [3.8, 4) is 11.5 Å². The number of alkyl carbamates (subject to hydrolysis) is 1. The van der Waals surface area contributed by atoms with Crippen molar-refractivity contribution in [3.63, 3.8) is 0 Å². The molecule has 1 atom stereocenters. The highest BCUT2D eigenvalue weighted by Crippen LogP contribution is 2.28. The van der Waals surface area contributed by atoms with Gasteiger partial charge in [0.25, 0.3) is 11.8 Å². The molecule has 9 heteroatoms. The SMILES string of the molecule is COc1cc(C(=O)NNC(=O)[C@@H](NC(=O)OCc2ccccc2)C(C)C)ccc1OC(C)C. The molecule has 3 N–H and O–H groups in total. The van der Waals surface area contributed by atoms with Gasteiger partial charge in [0.05, 0.1) is 13.2 Å². The molecular formula is C24H31N3O6. The minimum Gasteiger partial charge on any atom is -0.493 e. The Hall–Kier alpha value is -3.75. The van der Waals surface area contributed by atoms with Crippen LogP contribution < -0.4 is 25.6 Å². The van der Waals surface area contributed by atoms with Crippen molar-refractivity contribution in [2.45, 2.75) is 46.4 Å². The van der Waals surface area contributed by atoms with E-state index in [-0.39, 0.29) is 24.2 Å². The van der Waals surface area contributed by atoms with Gasteiger partial charge in [-0.3, -0.25) is 20.4 Å². The van der Waals surface area contributed by atoms with Gasteiger partial charge in [-0.15, -0.1) is 0 Å². The fraction of sp³-hybridized carbons (Fsp3) is 0.375. The molecule has 0 bridgehead atoms. The zero-order chi connectivity index (χ0) is 24.4. The van der Waals surface area contributed by atoms with Gasteiger partial charge in [-0.25, -0.2) is 4.79 Å². The summed E-state index contributed by atoms with van der Waals surface area (Å²) in [6.45, 7) is 7.37. The quantitative estimate of drug-likeness (QED) is 0.498. The molecule has 9 nitrogen and oxygen atoms in total. The van der Waals surface area contributed by atoms with Crippen LogP contribution in [-0.2, 0) is 16.1 Å². The fourth-order valence-electron chi connectivity index (χ4n) is 2.86. The number of nitrogens with one attached hydrogen (secondary N) is 3. The number of hydrogen-bond donors (Lipinski definition) is 3. The normalized spacial score (nSPS) is 11.5. The smallest absolute Gasteiger partial charge is 0.408 e. The second-order valence-corrected chi connectivity index (χ2v) is 7.90. The van der Waals surface area contributed by atoms with Crippen molar-refractivity contribution < 1.29 is 28.6 Å². The van der Waals surface area contributed by atoms with Gasteiger partial charge in [0, 0.05) is 5.56 Å². The standard InChI is InChI=1S/C24H31N3O6/c1-15(2)21(25-24(30)32-14-17-9-7-6-8-10-17)23(29)27-26-22(28)18-11-12-19(33-16(3)4)20(13-18)31-5/h6-13,15-16,21H,14H2,1-5H3,(H,25,30)(H,26,28)(H,27,29)/t21-/m0/s1. The third kappa shape index (κ3) is 8.03. The van der Waals surface area contributed by atoms with Gasteiger partial charge in [0.2, 0.25) is 0 Å². The molecule has 0 aliphatic carbocycles. The molecular weight excluding hydrogens is 426 g/mol. The van der Waals surface area contributed by atoms with E-state index in [1.807, 2.05) is 44.2 Å². The van der Waals surface area contributed by atoms with Crippen LogP contribution in [0.5, 0.6) is 11.5 Å². The Balaban J connectivity index is 1.93. The van der Waals surface area contributed by atoms with Gasteiger partial charge in [0.15, 0.2) is 11.5 Å². The van der Waals surface area contributed by atoms with Crippen molar-refractivity contribution in [2.24, 2.45) is 5.92 Å². The maximum atomic E-state index is 12.6. The van der Waals surface area contributed by atoms with E-state index in [1.54, 1.807) is 26.0 Å². The first-order chi connectivity index (χ1) is 15.7. The molecule has 0 fully saturated rings. The highest BCUT2D eigenvalue weighted by Gasteiger charge is 2.25. The van der Waals surface area contributed by atoms with Crippen LogP contribution in [0.1, 0.15) is 43.6 Å². The maximum Gasteiger partial charge on any atom is 0.408 e. The van der Waals surface area contributed by atoms with Gasteiger partial charge in [-0.2, -0.15) is 0 Å². The van der Waals surface area contributed by atoms with Gasteiger partial charge in [-0.05, 0) is 43.5 Å². The predicted octanol–water partition coefficient (Wildman–Crippen LogP) is 3.19. The Morgan fingerprint density at radius 2 is 1.61 bits per heavy atom. The molecule has 0 aliphatic heterocycles. The van der Waals surface area contributed by atoms with Crippen molar-refractivity contribution in [3.05, 3.63) is 59.7 Å². The monoisotopic (exact) mass is 457 g/mol. The Labute approximate surface area is 193 Å². The summed E-state index contributed by atoms with van der Waals surface area (Å²) in [5.41, 5.74) is 5.78. The molecule has 0 spiro atoms. The lowest BCUT2D eigenvalue weighted by Crippen LogP contribution is -2.54. The summed E-state index contributed by atoms with van der Waals surface area (Å²) in [6.07, 6.45) is -0.790. The van der Waals surface area contributed by atoms with Crippen LogP contribution in [0.25, 0.3) is 0 Å². The molecule has 2 aromatic rings. The topological polar surface area (TPSA) is 115 Å². The number of amides is 3. The minimum atomic E-state index is -0.912. The van der Waals surface area contributed by atoms with E-state index >= 15 is 0 Å². The van der Waals surface area contributed by atoms with Crippen molar-refractivity contribution in [1.82, 2.24) is 16.2 Å².